The zero-order valence-electron chi connectivity index (χ0n) is 12.3. The quantitative estimate of drug-likeness (QED) is 0.653. The van der Waals surface area contributed by atoms with E-state index in [9.17, 15) is 4.79 Å². The Morgan fingerprint density at radius 3 is 2.57 bits per heavy atom. The summed E-state index contributed by atoms with van der Waals surface area (Å²) in [5.41, 5.74) is 9.06. The number of hydrogen-bond donors (Lipinski definition) is 2. The summed E-state index contributed by atoms with van der Waals surface area (Å²) >= 11 is 0. The van der Waals surface area contributed by atoms with Crippen LogP contribution in [-0.2, 0) is 4.74 Å². The Hall–Kier alpha value is -2.49. The molecule has 2 rings (SSSR count). The highest BCUT2D eigenvalue weighted by Crippen LogP contribution is 2.22. The van der Waals surface area contributed by atoms with Crippen molar-refractivity contribution >= 4 is 17.3 Å². The van der Waals surface area contributed by atoms with E-state index in [0.717, 1.165) is 12.2 Å². The molecule has 110 valence electrons. The first-order valence-electron chi connectivity index (χ1n) is 6.88. The predicted molar refractivity (Wildman–Crippen MR) is 85.5 cm³/mol. The van der Waals surface area contributed by atoms with Gasteiger partial charge in [0.25, 0.3) is 0 Å². The van der Waals surface area contributed by atoms with Gasteiger partial charge in [-0.2, -0.15) is 0 Å². The number of benzene rings is 2. The summed E-state index contributed by atoms with van der Waals surface area (Å²) in [5.74, 6) is -0.0169. The number of esters is 1. The van der Waals surface area contributed by atoms with Crippen LogP contribution < -0.4 is 11.1 Å². The molecule has 0 saturated carbocycles. The fraction of sp³-hybridized carbons (Fsp3) is 0.235. The molecule has 0 spiro atoms. The first-order chi connectivity index (χ1) is 10.1. The number of nitrogens with two attached hydrogens (primary N) is 1. The maximum absolute atomic E-state index is 11.4. The average Bonchev–Trinajstić information content (AvgIpc) is 2.53. The number of rotatable bonds is 5. The number of nitrogen functional groups attached to an aromatic ring is 1. The van der Waals surface area contributed by atoms with Crippen molar-refractivity contribution in [2.75, 3.05) is 24.7 Å². The highest BCUT2D eigenvalue weighted by molar-refractivity contribution is 5.91. The Balaban J connectivity index is 2.02. The van der Waals surface area contributed by atoms with Crippen molar-refractivity contribution in [1.29, 1.82) is 0 Å². The van der Waals surface area contributed by atoms with E-state index in [1.165, 1.54) is 12.7 Å². The maximum atomic E-state index is 11.4. The van der Waals surface area contributed by atoms with Gasteiger partial charge in [-0.1, -0.05) is 37.3 Å². The van der Waals surface area contributed by atoms with Crippen molar-refractivity contribution in [2.24, 2.45) is 0 Å². The normalized spacial score (nSPS) is 11.7. The number of nitrogens with one attached hydrogen (secondary N) is 1. The lowest BCUT2D eigenvalue weighted by Gasteiger charge is -2.15. The summed E-state index contributed by atoms with van der Waals surface area (Å²) in [6.45, 7) is 2.92. The summed E-state index contributed by atoms with van der Waals surface area (Å²) in [5, 5.41) is 3.32. The van der Waals surface area contributed by atoms with Crippen LogP contribution in [0.4, 0.5) is 11.4 Å². The molecule has 0 bridgehead atoms. The lowest BCUT2D eigenvalue weighted by molar-refractivity contribution is 0.0601. The van der Waals surface area contributed by atoms with Crippen LogP contribution in [0.1, 0.15) is 28.8 Å². The summed E-state index contributed by atoms with van der Waals surface area (Å²) in [6.07, 6.45) is 0. The van der Waals surface area contributed by atoms with Gasteiger partial charge in [-0.3, -0.25) is 0 Å². The first-order valence-corrected chi connectivity index (χ1v) is 6.88. The van der Waals surface area contributed by atoms with Gasteiger partial charge in [0.15, 0.2) is 0 Å². The Morgan fingerprint density at radius 1 is 1.24 bits per heavy atom. The molecule has 0 heterocycles. The van der Waals surface area contributed by atoms with E-state index in [1.54, 1.807) is 18.2 Å². The first kappa shape index (κ1) is 14.9. The summed E-state index contributed by atoms with van der Waals surface area (Å²) in [6, 6.07) is 15.4. The monoisotopic (exact) mass is 284 g/mol. The van der Waals surface area contributed by atoms with Crippen molar-refractivity contribution < 1.29 is 9.53 Å². The van der Waals surface area contributed by atoms with Crippen LogP contribution in [0.5, 0.6) is 0 Å². The molecule has 21 heavy (non-hydrogen) atoms. The molecule has 2 aromatic rings. The van der Waals surface area contributed by atoms with Crippen LogP contribution >= 0.6 is 0 Å². The highest BCUT2D eigenvalue weighted by atomic mass is 16.5. The third-order valence-electron chi connectivity index (χ3n) is 3.44. The number of ether oxygens (including phenoxy) is 1. The van der Waals surface area contributed by atoms with Crippen LogP contribution in [-0.4, -0.2) is 19.6 Å². The van der Waals surface area contributed by atoms with Gasteiger partial charge in [-0.25, -0.2) is 4.79 Å². The minimum Gasteiger partial charge on any atom is -0.465 e. The minimum atomic E-state index is -0.383. The van der Waals surface area contributed by atoms with Crippen molar-refractivity contribution in [3.63, 3.8) is 0 Å². The van der Waals surface area contributed by atoms with Gasteiger partial charge in [0.1, 0.15) is 0 Å². The molecule has 1 atom stereocenters. The van der Waals surface area contributed by atoms with Gasteiger partial charge < -0.3 is 15.8 Å². The second-order valence-corrected chi connectivity index (χ2v) is 4.99. The molecule has 1 unspecified atom stereocenters. The number of hydrogen-bond acceptors (Lipinski definition) is 4. The largest absolute Gasteiger partial charge is 0.465 e. The zero-order chi connectivity index (χ0) is 15.2. The number of carbonyl (C=O) groups is 1. The topological polar surface area (TPSA) is 64.3 Å². The zero-order valence-corrected chi connectivity index (χ0v) is 12.3. The number of carbonyl (C=O) groups excluding carboxylic acids is 1. The molecule has 0 aliphatic heterocycles. The molecule has 2 aromatic carbocycles. The summed E-state index contributed by atoms with van der Waals surface area (Å²) in [4.78, 5) is 11.4. The second-order valence-electron chi connectivity index (χ2n) is 4.99. The molecule has 0 fully saturated rings. The van der Waals surface area contributed by atoms with Crippen molar-refractivity contribution in [3.05, 3.63) is 59.7 Å². The van der Waals surface area contributed by atoms with E-state index in [-0.39, 0.29) is 5.97 Å². The lowest BCUT2D eigenvalue weighted by Crippen LogP contribution is -2.11. The van der Waals surface area contributed by atoms with Gasteiger partial charge in [-0.05, 0) is 29.7 Å². The molecule has 0 aromatic heterocycles. The Kier molecular flexibility index (Phi) is 4.82. The van der Waals surface area contributed by atoms with E-state index in [2.05, 4.69) is 29.1 Å². The predicted octanol–water partition coefficient (Wildman–Crippen LogP) is 3.27. The third kappa shape index (κ3) is 3.75. The van der Waals surface area contributed by atoms with E-state index in [4.69, 9.17) is 5.73 Å². The van der Waals surface area contributed by atoms with Gasteiger partial charge in [0.05, 0.1) is 24.0 Å². The van der Waals surface area contributed by atoms with E-state index >= 15 is 0 Å². The van der Waals surface area contributed by atoms with Crippen molar-refractivity contribution in [3.8, 4) is 0 Å². The van der Waals surface area contributed by atoms with Crippen molar-refractivity contribution in [2.45, 2.75) is 12.8 Å². The van der Waals surface area contributed by atoms with E-state index in [1.807, 2.05) is 18.2 Å². The summed E-state index contributed by atoms with van der Waals surface area (Å²) in [7, 11) is 1.35. The van der Waals surface area contributed by atoms with Gasteiger partial charge in [0, 0.05) is 6.54 Å². The highest BCUT2D eigenvalue weighted by Gasteiger charge is 2.09. The fourth-order valence-corrected chi connectivity index (χ4v) is 2.13. The average molecular weight is 284 g/mol. The lowest BCUT2D eigenvalue weighted by atomic mass is 10.0. The van der Waals surface area contributed by atoms with E-state index in [0.29, 0.717) is 17.2 Å². The Bertz CT molecular complexity index is 611. The molecular weight excluding hydrogens is 264 g/mol. The fourth-order valence-electron chi connectivity index (χ4n) is 2.13. The van der Waals surface area contributed by atoms with Crippen LogP contribution in [0.25, 0.3) is 0 Å². The molecular formula is C17H20N2O2. The molecule has 4 heteroatoms. The molecule has 0 saturated heterocycles. The number of anilines is 2. The van der Waals surface area contributed by atoms with Crippen LogP contribution in [0, 0.1) is 0 Å². The molecule has 0 aliphatic carbocycles. The smallest absolute Gasteiger partial charge is 0.337 e. The molecule has 0 radical (unpaired) electrons. The molecule has 3 N–H and O–H groups in total. The Morgan fingerprint density at radius 2 is 1.95 bits per heavy atom. The van der Waals surface area contributed by atoms with Gasteiger partial charge in [-0.15, -0.1) is 0 Å². The maximum Gasteiger partial charge on any atom is 0.337 e. The second kappa shape index (κ2) is 6.79. The Labute approximate surface area is 124 Å². The van der Waals surface area contributed by atoms with Crippen LogP contribution in [0.15, 0.2) is 48.5 Å². The minimum absolute atomic E-state index is 0.367. The molecule has 4 nitrogen and oxygen atoms in total. The van der Waals surface area contributed by atoms with Crippen LogP contribution in [0.3, 0.4) is 0 Å². The third-order valence-corrected chi connectivity index (χ3v) is 3.44. The SMILES string of the molecule is COC(=O)c1ccc(NCC(C)c2ccccc2)c(N)c1. The molecule has 0 aliphatic rings. The summed E-state index contributed by atoms with van der Waals surface area (Å²) < 4.78 is 4.67. The van der Waals surface area contributed by atoms with Gasteiger partial charge >= 0.3 is 5.97 Å². The molecule has 0 amide bonds. The number of methoxy groups -OCH3 is 1. The van der Waals surface area contributed by atoms with E-state index < -0.39 is 0 Å². The van der Waals surface area contributed by atoms with Crippen molar-refractivity contribution in [1.82, 2.24) is 0 Å². The van der Waals surface area contributed by atoms with Gasteiger partial charge in [0.2, 0.25) is 0 Å². The standard InChI is InChI=1S/C17H20N2O2/c1-12(13-6-4-3-5-7-13)11-19-16-9-8-14(10-15(16)18)17(20)21-2/h3-10,12,19H,11,18H2,1-2H3. The van der Waals surface area contributed by atoms with Crippen LogP contribution in [0.2, 0.25) is 0 Å².